The molecule has 0 spiro atoms. The van der Waals surface area contributed by atoms with E-state index in [-0.39, 0.29) is 0 Å². The van der Waals surface area contributed by atoms with Gasteiger partial charge in [-0.15, -0.1) is 0 Å². The Hall–Kier alpha value is -1.40. The number of hydrogen-bond acceptors (Lipinski definition) is 4. The standard InChI is InChI=1S/C20H35N5O/c1-3-4-11-24-13-8-21-20(24)18-7-5-12-25(16-18)19(26)17-23-10-6-9-22(2)14-15-23/h8,13,18H,3-7,9-12,14-17H2,1-2H3/t18-/m1/s1. The van der Waals surface area contributed by atoms with E-state index in [2.05, 4.69) is 44.4 Å². The molecule has 0 aromatic carbocycles. The third kappa shape index (κ3) is 5.07. The molecule has 3 rings (SSSR count). The lowest BCUT2D eigenvalue weighted by Crippen LogP contribution is -2.45. The van der Waals surface area contributed by atoms with Crippen molar-refractivity contribution >= 4 is 5.91 Å². The van der Waals surface area contributed by atoms with Crippen LogP contribution in [0.3, 0.4) is 0 Å². The van der Waals surface area contributed by atoms with Crippen LogP contribution in [0.5, 0.6) is 0 Å². The van der Waals surface area contributed by atoms with Gasteiger partial charge in [0.25, 0.3) is 0 Å². The zero-order valence-electron chi connectivity index (χ0n) is 16.6. The van der Waals surface area contributed by atoms with E-state index in [9.17, 15) is 4.79 Å². The molecule has 1 amide bonds. The number of imidazole rings is 1. The van der Waals surface area contributed by atoms with Crippen LogP contribution in [-0.2, 0) is 11.3 Å². The third-order valence-electron chi connectivity index (χ3n) is 5.81. The number of rotatable bonds is 6. The molecule has 2 fully saturated rings. The number of unbranched alkanes of at least 4 members (excludes halogenated alkanes) is 1. The summed E-state index contributed by atoms with van der Waals surface area (Å²) in [6.07, 6.45) is 9.77. The summed E-state index contributed by atoms with van der Waals surface area (Å²) in [6, 6.07) is 0. The summed E-state index contributed by atoms with van der Waals surface area (Å²) >= 11 is 0. The van der Waals surface area contributed by atoms with Crippen molar-refractivity contribution in [2.45, 2.75) is 51.5 Å². The van der Waals surface area contributed by atoms with Gasteiger partial charge in [-0.25, -0.2) is 4.98 Å². The monoisotopic (exact) mass is 361 g/mol. The Morgan fingerprint density at radius 2 is 2.08 bits per heavy atom. The molecule has 6 nitrogen and oxygen atoms in total. The first-order valence-electron chi connectivity index (χ1n) is 10.4. The van der Waals surface area contributed by atoms with Crippen LogP contribution in [-0.4, -0.2) is 83.0 Å². The molecular weight excluding hydrogens is 326 g/mol. The molecule has 0 N–H and O–H groups in total. The van der Waals surface area contributed by atoms with Crippen molar-refractivity contribution < 1.29 is 4.79 Å². The molecule has 1 atom stereocenters. The highest BCUT2D eigenvalue weighted by Crippen LogP contribution is 2.26. The Kier molecular flexibility index (Phi) is 7.08. The highest BCUT2D eigenvalue weighted by Gasteiger charge is 2.28. The minimum absolute atomic E-state index is 0.297. The van der Waals surface area contributed by atoms with Crippen LogP contribution >= 0.6 is 0 Å². The molecule has 0 unspecified atom stereocenters. The molecule has 2 aliphatic rings. The van der Waals surface area contributed by atoms with Crippen LogP contribution in [0.15, 0.2) is 12.4 Å². The smallest absolute Gasteiger partial charge is 0.236 e. The highest BCUT2D eigenvalue weighted by molar-refractivity contribution is 5.78. The third-order valence-corrected chi connectivity index (χ3v) is 5.81. The average Bonchev–Trinajstić information content (AvgIpc) is 3.03. The summed E-state index contributed by atoms with van der Waals surface area (Å²) < 4.78 is 2.30. The molecular formula is C20H35N5O. The Bertz CT molecular complexity index is 572. The van der Waals surface area contributed by atoms with Crippen LogP contribution in [0.2, 0.25) is 0 Å². The molecule has 0 bridgehead atoms. The van der Waals surface area contributed by atoms with Gasteiger partial charge in [0.2, 0.25) is 5.91 Å². The summed E-state index contributed by atoms with van der Waals surface area (Å²) in [5, 5.41) is 0. The van der Waals surface area contributed by atoms with Gasteiger partial charge in [0, 0.05) is 51.0 Å². The van der Waals surface area contributed by atoms with Crippen molar-refractivity contribution in [2.75, 3.05) is 52.9 Å². The number of aryl methyl sites for hydroxylation is 1. The second-order valence-electron chi connectivity index (χ2n) is 7.94. The van der Waals surface area contributed by atoms with Crippen LogP contribution < -0.4 is 0 Å². The van der Waals surface area contributed by atoms with Gasteiger partial charge in [-0.1, -0.05) is 13.3 Å². The van der Waals surface area contributed by atoms with Gasteiger partial charge in [-0.05, 0) is 45.8 Å². The number of likely N-dealkylation sites (tertiary alicyclic amines) is 1. The average molecular weight is 362 g/mol. The maximum atomic E-state index is 12.9. The summed E-state index contributed by atoms with van der Waals surface area (Å²) in [7, 11) is 2.17. The second kappa shape index (κ2) is 9.51. The molecule has 0 aliphatic carbocycles. The fourth-order valence-electron chi connectivity index (χ4n) is 4.16. The van der Waals surface area contributed by atoms with Crippen molar-refractivity contribution in [2.24, 2.45) is 0 Å². The fraction of sp³-hybridized carbons (Fsp3) is 0.800. The van der Waals surface area contributed by atoms with Gasteiger partial charge in [0.15, 0.2) is 0 Å². The van der Waals surface area contributed by atoms with Crippen molar-refractivity contribution in [1.29, 1.82) is 0 Å². The molecule has 3 heterocycles. The second-order valence-corrected chi connectivity index (χ2v) is 7.94. The van der Waals surface area contributed by atoms with Gasteiger partial charge in [0.1, 0.15) is 5.82 Å². The zero-order valence-corrected chi connectivity index (χ0v) is 16.6. The molecule has 2 aliphatic heterocycles. The Morgan fingerprint density at radius 3 is 2.92 bits per heavy atom. The minimum Gasteiger partial charge on any atom is -0.341 e. The van der Waals surface area contributed by atoms with Gasteiger partial charge in [-0.2, -0.15) is 0 Å². The van der Waals surface area contributed by atoms with E-state index in [1.807, 2.05) is 6.20 Å². The van der Waals surface area contributed by atoms with Gasteiger partial charge < -0.3 is 14.4 Å². The highest BCUT2D eigenvalue weighted by atomic mass is 16.2. The number of hydrogen-bond donors (Lipinski definition) is 0. The number of piperidine rings is 1. The molecule has 146 valence electrons. The number of aromatic nitrogens is 2. The molecule has 0 radical (unpaired) electrons. The van der Waals surface area contributed by atoms with E-state index in [4.69, 9.17) is 0 Å². The van der Waals surface area contributed by atoms with E-state index < -0.39 is 0 Å². The Labute approximate surface area is 158 Å². The quantitative estimate of drug-likeness (QED) is 0.778. The van der Waals surface area contributed by atoms with Gasteiger partial charge >= 0.3 is 0 Å². The zero-order chi connectivity index (χ0) is 18.4. The maximum Gasteiger partial charge on any atom is 0.236 e. The van der Waals surface area contributed by atoms with Crippen LogP contribution in [0.1, 0.15) is 50.8 Å². The maximum absolute atomic E-state index is 12.9. The van der Waals surface area contributed by atoms with Crippen LogP contribution in [0, 0.1) is 0 Å². The number of nitrogens with zero attached hydrogens (tertiary/aromatic N) is 5. The number of likely N-dealkylation sites (N-methyl/N-ethyl adjacent to an activating group) is 1. The van der Waals surface area contributed by atoms with Gasteiger partial charge in [0.05, 0.1) is 6.54 Å². The molecule has 1 aromatic rings. The predicted molar refractivity (Wildman–Crippen MR) is 104 cm³/mol. The number of carbonyl (C=O) groups is 1. The summed E-state index contributed by atoms with van der Waals surface area (Å²) in [5.41, 5.74) is 0. The fourth-order valence-corrected chi connectivity index (χ4v) is 4.16. The predicted octanol–water partition coefficient (Wildman–Crippen LogP) is 2.03. The van der Waals surface area contributed by atoms with Crippen molar-refractivity contribution in [3.05, 3.63) is 18.2 Å². The summed E-state index contributed by atoms with van der Waals surface area (Å²) in [6.45, 7) is 9.80. The molecule has 1 aromatic heterocycles. The molecule has 26 heavy (non-hydrogen) atoms. The van der Waals surface area contributed by atoms with Crippen molar-refractivity contribution in [3.8, 4) is 0 Å². The first-order chi connectivity index (χ1) is 12.7. The lowest BCUT2D eigenvalue weighted by molar-refractivity contribution is -0.133. The molecule has 6 heteroatoms. The Morgan fingerprint density at radius 1 is 1.19 bits per heavy atom. The van der Waals surface area contributed by atoms with E-state index >= 15 is 0 Å². The first kappa shape index (κ1) is 19.4. The van der Waals surface area contributed by atoms with Crippen LogP contribution in [0.25, 0.3) is 0 Å². The van der Waals surface area contributed by atoms with E-state index in [0.29, 0.717) is 18.4 Å². The van der Waals surface area contributed by atoms with E-state index in [1.165, 1.54) is 18.7 Å². The lowest BCUT2D eigenvalue weighted by atomic mass is 9.97. The topological polar surface area (TPSA) is 44.6 Å². The number of carbonyl (C=O) groups excluding carboxylic acids is 1. The molecule has 2 saturated heterocycles. The largest absolute Gasteiger partial charge is 0.341 e. The SMILES string of the molecule is CCCCn1ccnc1[C@@H]1CCCN(C(=O)CN2CCCN(C)CC2)C1. The van der Waals surface area contributed by atoms with Crippen molar-refractivity contribution in [1.82, 2.24) is 24.3 Å². The van der Waals surface area contributed by atoms with E-state index in [1.54, 1.807) is 0 Å². The number of amides is 1. The summed E-state index contributed by atoms with van der Waals surface area (Å²) in [5.74, 6) is 1.85. The Balaban J connectivity index is 1.56. The van der Waals surface area contributed by atoms with Crippen molar-refractivity contribution in [3.63, 3.8) is 0 Å². The van der Waals surface area contributed by atoms with Crippen LogP contribution in [0.4, 0.5) is 0 Å². The summed E-state index contributed by atoms with van der Waals surface area (Å²) in [4.78, 5) is 24.3. The lowest BCUT2D eigenvalue weighted by Gasteiger charge is -2.34. The van der Waals surface area contributed by atoms with E-state index in [0.717, 1.165) is 65.1 Å². The first-order valence-corrected chi connectivity index (χ1v) is 10.4. The normalized spacial score (nSPS) is 23.2. The van der Waals surface area contributed by atoms with Gasteiger partial charge in [-0.3, -0.25) is 9.69 Å². The molecule has 0 saturated carbocycles. The minimum atomic E-state index is 0.297.